The summed E-state index contributed by atoms with van der Waals surface area (Å²) < 4.78 is 1.56. The Kier molecular flexibility index (Phi) is 1.12. The molecule has 0 aliphatic heterocycles. The standard InChI is InChI=1S/C5H6N6/c6-4-10-9-3-11(4)5-7-1-2-8-5/h1-3H,(H2,6,10)(H,7,8). The van der Waals surface area contributed by atoms with Crippen LogP contribution in [0.3, 0.4) is 0 Å². The first-order chi connectivity index (χ1) is 5.38. The molecule has 0 saturated heterocycles. The van der Waals surface area contributed by atoms with Crippen LogP contribution in [-0.4, -0.2) is 24.7 Å². The van der Waals surface area contributed by atoms with Crippen LogP contribution in [-0.2, 0) is 0 Å². The lowest BCUT2D eigenvalue weighted by atomic mass is 10.9. The van der Waals surface area contributed by atoms with E-state index >= 15 is 0 Å². The van der Waals surface area contributed by atoms with Crippen molar-refractivity contribution >= 4 is 5.95 Å². The molecule has 0 fully saturated rings. The smallest absolute Gasteiger partial charge is 0.228 e. The molecule has 0 aromatic carbocycles. The van der Waals surface area contributed by atoms with Crippen LogP contribution in [0, 0.1) is 0 Å². The summed E-state index contributed by atoms with van der Waals surface area (Å²) in [5.41, 5.74) is 5.46. The zero-order valence-electron chi connectivity index (χ0n) is 5.60. The second-order valence-corrected chi connectivity index (χ2v) is 1.97. The number of hydrogen-bond donors (Lipinski definition) is 2. The summed E-state index contributed by atoms with van der Waals surface area (Å²) in [7, 11) is 0. The van der Waals surface area contributed by atoms with Gasteiger partial charge in [0.1, 0.15) is 6.33 Å². The second-order valence-electron chi connectivity index (χ2n) is 1.97. The predicted molar refractivity (Wildman–Crippen MR) is 37.9 cm³/mol. The summed E-state index contributed by atoms with van der Waals surface area (Å²) in [6.07, 6.45) is 4.83. The predicted octanol–water partition coefficient (Wildman–Crippen LogP) is -0.427. The molecule has 11 heavy (non-hydrogen) atoms. The maximum atomic E-state index is 5.46. The fraction of sp³-hybridized carbons (Fsp3) is 0. The van der Waals surface area contributed by atoms with Crippen LogP contribution in [0.25, 0.3) is 5.95 Å². The summed E-state index contributed by atoms with van der Waals surface area (Å²) in [5, 5.41) is 7.21. The first kappa shape index (κ1) is 5.90. The Bertz CT molecular complexity index is 333. The zero-order chi connectivity index (χ0) is 7.68. The number of nitrogens with one attached hydrogen (secondary N) is 1. The minimum atomic E-state index is 0.319. The van der Waals surface area contributed by atoms with Gasteiger partial charge in [0.05, 0.1) is 0 Å². The van der Waals surface area contributed by atoms with Gasteiger partial charge in [-0.3, -0.25) is 0 Å². The number of imidazole rings is 1. The van der Waals surface area contributed by atoms with Crippen LogP contribution in [0.4, 0.5) is 5.95 Å². The van der Waals surface area contributed by atoms with Gasteiger partial charge in [-0.1, -0.05) is 0 Å². The molecule has 0 radical (unpaired) electrons. The van der Waals surface area contributed by atoms with Crippen molar-refractivity contribution < 1.29 is 0 Å². The van der Waals surface area contributed by atoms with Crippen molar-refractivity contribution in [2.45, 2.75) is 0 Å². The molecule has 0 atom stereocenters. The second kappa shape index (κ2) is 2.08. The zero-order valence-corrected chi connectivity index (χ0v) is 5.60. The van der Waals surface area contributed by atoms with E-state index in [0.29, 0.717) is 11.9 Å². The van der Waals surface area contributed by atoms with E-state index in [0.717, 1.165) is 0 Å². The van der Waals surface area contributed by atoms with Crippen LogP contribution < -0.4 is 5.73 Å². The van der Waals surface area contributed by atoms with Gasteiger partial charge in [-0.15, -0.1) is 10.2 Å². The molecule has 6 nitrogen and oxygen atoms in total. The molecule has 0 aliphatic rings. The van der Waals surface area contributed by atoms with Gasteiger partial charge in [0.2, 0.25) is 11.9 Å². The van der Waals surface area contributed by atoms with Crippen molar-refractivity contribution in [2.24, 2.45) is 0 Å². The van der Waals surface area contributed by atoms with Gasteiger partial charge < -0.3 is 10.7 Å². The number of hydrogen-bond acceptors (Lipinski definition) is 4. The van der Waals surface area contributed by atoms with Crippen molar-refractivity contribution in [1.29, 1.82) is 0 Å². The normalized spacial score (nSPS) is 10.2. The van der Waals surface area contributed by atoms with E-state index < -0.39 is 0 Å². The number of aromatic amines is 1. The molecule has 6 heteroatoms. The van der Waals surface area contributed by atoms with Crippen molar-refractivity contribution in [3.8, 4) is 5.95 Å². The van der Waals surface area contributed by atoms with Crippen LogP contribution in [0.1, 0.15) is 0 Å². The van der Waals surface area contributed by atoms with Gasteiger partial charge >= 0.3 is 0 Å². The molecular weight excluding hydrogens is 144 g/mol. The van der Waals surface area contributed by atoms with Crippen molar-refractivity contribution in [3.05, 3.63) is 18.7 Å². The fourth-order valence-electron chi connectivity index (χ4n) is 0.796. The lowest BCUT2D eigenvalue weighted by Crippen LogP contribution is -2.00. The minimum Gasteiger partial charge on any atom is -0.368 e. The van der Waals surface area contributed by atoms with Crippen LogP contribution in [0.15, 0.2) is 18.7 Å². The summed E-state index contributed by atoms with van der Waals surface area (Å²) in [4.78, 5) is 6.84. The largest absolute Gasteiger partial charge is 0.368 e. The van der Waals surface area contributed by atoms with E-state index in [2.05, 4.69) is 20.2 Å². The third kappa shape index (κ3) is 0.841. The monoisotopic (exact) mass is 150 g/mol. The Morgan fingerprint density at radius 1 is 1.55 bits per heavy atom. The van der Waals surface area contributed by atoms with E-state index in [-0.39, 0.29) is 0 Å². The van der Waals surface area contributed by atoms with Gasteiger partial charge in [-0.2, -0.15) is 0 Å². The lowest BCUT2D eigenvalue weighted by molar-refractivity contribution is 0.969. The first-order valence-corrected chi connectivity index (χ1v) is 3.03. The lowest BCUT2D eigenvalue weighted by Gasteiger charge is -1.94. The highest BCUT2D eigenvalue weighted by atomic mass is 15.3. The number of nitrogen functional groups attached to an aromatic ring is 1. The molecule has 0 aliphatic carbocycles. The number of H-pyrrole nitrogens is 1. The van der Waals surface area contributed by atoms with E-state index in [1.165, 1.54) is 6.33 Å². The van der Waals surface area contributed by atoms with Crippen molar-refractivity contribution in [2.75, 3.05) is 5.73 Å². The average Bonchev–Trinajstić information content (AvgIpc) is 2.55. The topological polar surface area (TPSA) is 85.4 Å². The van der Waals surface area contributed by atoms with E-state index in [9.17, 15) is 0 Å². The maximum absolute atomic E-state index is 5.46. The summed E-state index contributed by atoms with van der Waals surface area (Å²) in [6.45, 7) is 0. The highest BCUT2D eigenvalue weighted by Crippen LogP contribution is 2.02. The van der Waals surface area contributed by atoms with Crippen LogP contribution in [0.2, 0.25) is 0 Å². The Morgan fingerprint density at radius 3 is 3.00 bits per heavy atom. The Morgan fingerprint density at radius 2 is 2.45 bits per heavy atom. The molecule has 56 valence electrons. The molecule has 0 amide bonds. The number of rotatable bonds is 1. The maximum Gasteiger partial charge on any atom is 0.228 e. The van der Waals surface area contributed by atoms with Crippen molar-refractivity contribution in [1.82, 2.24) is 24.7 Å². The van der Waals surface area contributed by atoms with E-state index in [1.54, 1.807) is 17.0 Å². The molecule has 2 heterocycles. The Hall–Kier alpha value is -1.85. The SMILES string of the molecule is Nc1nncn1-c1ncc[nH]1. The van der Waals surface area contributed by atoms with Crippen molar-refractivity contribution in [3.63, 3.8) is 0 Å². The van der Waals surface area contributed by atoms with Gasteiger partial charge in [0, 0.05) is 12.4 Å². The average molecular weight is 150 g/mol. The summed E-state index contributed by atoms with van der Waals surface area (Å²) >= 11 is 0. The highest BCUT2D eigenvalue weighted by Gasteiger charge is 2.01. The van der Waals surface area contributed by atoms with Gasteiger partial charge in [-0.05, 0) is 0 Å². The molecule has 0 bridgehead atoms. The molecule has 2 aromatic rings. The molecule has 0 saturated carbocycles. The molecule has 0 spiro atoms. The fourth-order valence-corrected chi connectivity index (χ4v) is 0.796. The molecular formula is C5H6N6. The molecule has 0 unspecified atom stereocenters. The van der Waals surface area contributed by atoms with Gasteiger partial charge in [0.15, 0.2) is 0 Å². The van der Waals surface area contributed by atoms with E-state index in [1.807, 2.05) is 0 Å². The summed E-state index contributed by atoms with van der Waals surface area (Å²) in [5.74, 6) is 0.937. The number of anilines is 1. The Labute approximate surface area is 62.1 Å². The number of nitrogens with two attached hydrogens (primary N) is 1. The van der Waals surface area contributed by atoms with Gasteiger partial charge in [0.25, 0.3) is 0 Å². The summed E-state index contributed by atoms with van der Waals surface area (Å²) in [6, 6.07) is 0. The van der Waals surface area contributed by atoms with Crippen LogP contribution >= 0.6 is 0 Å². The van der Waals surface area contributed by atoms with Crippen LogP contribution in [0.5, 0.6) is 0 Å². The minimum absolute atomic E-state index is 0.319. The third-order valence-corrected chi connectivity index (χ3v) is 1.29. The number of nitrogens with zero attached hydrogens (tertiary/aromatic N) is 4. The Balaban J connectivity index is 2.53. The molecule has 2 aromatic heterocycles. The molecule has 2 rings (SSSR count). The van der Waals surface area contributed by atoms with E-state index in [4.69, 9.17) is 5.73 Å². The van der Waals surface area contributed by atoms with Gasteiger partial charge in [-0.25, -0.2) is 9.55 Å². The highest BCUT2D eigenvalue weighted by molar-refractivity contribution is 5.25. The number of aromatic nitrogens is 5. The quantitative estimate of drug-likeness (QED) is 0.577. The third-order valence-electron chi connectivity index (χ3n) is 1.29. The first-order valence-electron chi connectivity index (χ1n) is 3.03. The molecule has 3 N–H and O–H groups in total.